The average Bonchev–Trinajstić information content (AvgIpc) is 2.98. The van der Waals surface area contributed by atoms with Crippen LogP contribution >= 0.6 is 0 Å². The molecule has 0 aliphatic rings. The standard InChI is InChI=1S/C16H17F3N4O3/c1-15(2,10-4-3-5-11(6-10)16(17,18)19)14(26)20-7-12-8-23(22-21-12)9-13(24)25/h3-6,8H,7,9H2,1-2H3,(H,20,26)(H,24,25). The molecule has 0 aliphatic heterocycles. The van der Waals surface area contributed by atoms with E-state index in [2.05, 4.69) is 15.6 Å². The van der Waals surface area contributed by atoms with Crippen molar-refractivity contribution in [2.75, 3.05) is 0 Å². The number of halogens is 3. The quantitative estimate of drug-likeness (QED) is 0.810. The maximum Gasteiger partial charge on any atom is 0.416 e. The second-order valence-electron chi connectivity index (χ2n) is 6.19. The first kappa shape index (κ1) is 19.4. The van der Waals surface area contributed by atoms with Gasteiger partial charge in [0.25, 0.3) is 0 Å². The van der Waals surface area contributed by atoms with E-state index in [0.29, 0.717) is 5.69 Å². The van der Waals surface area contributed by atoms with Crippen molar-refractivity contribution in [2.24, 2.45) is 0 Å². The van der Waals surface area contributed by atoms with Crippen molar-refractivity contribution in [3.63, 3.8) is 0 Å². The van der Waals surface area contributed by atoms with E-state index in [1.807, 2.05) is 0 Å². The highest BCUT2D eigenvalue weighted by atomic mass is 19.4. The minimum atomic E-state index is -4.49. The van der Waals surface area contributed by atoms with Crippen LogP contribution in [0, 0.1) is 0 Å². The van der Waals surface area contributed by atoms with Crippen LogP contribution in [0.15, 0.2) is 30.5 Å². The smallest absolute Gasteiger partial charge is 0.416 e. The van der Waals surface area contributed by atoms with Crippen molar-refractivity contribution in [1.82, 2.24) is 20.3 Å². The number of hydrogen-bond acceptors (Lipinski definition) is 4. The number of alkyl halides is 3. The van der Waals surface area contributed by atoms with Gasteiger partial charge in [-0.05, 0) is 25.5 Å². The molecular weight excluding hydrogens is 353 g/mol. The van der Waals surface area contributed by atoms with Gasteiger partial charge in [0.1, 0.15) is 12.2 Å². The molecule has 2 rings (SSSR count). The monoisotopic (exact) mass is 370 g/mol. The van der Waals surface area contributed by atoms with Crippen LogP contribution in [0.5, 0.6) is 0 Å². The number of carboxylic acid groups (broad SMARTS) is 1. The number of carbonyl (C=O) groups is 2. The number of carbonyl (C=O) groups excluding carboxylic acids is 1. The lowest BCUT2D eigenvalue weighted by atomic mass is 9.83. The summed E-state index contributed by atoms with van der Waals surface area (Å²) in [5.74, 6) is -1.58. The lowest BCUT2D eigenvalue weighted by Crippen LogP contribution is -2.39. The largest absolute Gasteiger partial charge is 0.480 e. The van der Waals surface area contributed by atoms with Crippen LogP contribution < -0.4 is 5.32 Å². The third-order valence-electron chi connectivity index (χ3n) is 3.79. The van der Waals surface area contributed by atoms with Gasteiger partial charge >= 0.3 is 12.1 Å². The van der Waals surface area contributed by atoms with Crippen LogP contribution in [-0.2, 0) is 34.3 Å². The topological polar surface area (TPSA) is 97.1 Å². The van der Waals surface area contributed by atoms with Gasteiger partial charge in [-0.25, -0.2) is 4.68 Å². The highest BCUT2D eigenvalue weighted by Crippen LogP contribution is 2.32. The molecule has 140 valence electrons. The van der Waals surface area contributed by atoms with Gasteiger partial charge in [0, 0.05) is 0 Å². The number of aliphatic carboxylic acids is 1. The Kier molecular flexibility index (Phi) is 5.33. The normalized spacial score (nSPS) is 12.0. The number of nitrogens with zero attached hydrogens (tertiary/aromatic N) is 3. The number of amides is 1. The summed E-state index contributed by atoms with van der Waals surface area (Å²) in [5.41, 5.74) is -1.48. The van der Waals surface area contributed by atoms with Gasteiger partial charge in [-0.3, -0.25) is 9.59 Å². The van der Waals surface area contributed by atoms with Crippen molar-refractivity contribution >= 4 is 11.9 Å². The molecule has 0 radical (unpaired) electrons. The maximum absolute atomic E-state index is 12.9. The Hall–Kier alpha value is -2.91. The van der Waals surface area contributed by atoms with Crippen LogP contribution in [0.1, 0.15) is 30.7 Å². The Balaban J connectivity index is 2.08. The zero-order valence-corrected chi connectivity index (χ0v) is 14.0. The molecule has 0 saturated carbocycles. The average molecular weight is 370 g/mol. The molecule has 0 saturated heterocycles. The second-order valence-corrected chi connectivity index (χ2v) is 6.19. The molecule has 10 heteroatoms. The molecule has 7 nitrogen and oxygen atoms in total. The van der Waals surface area contributed by atoms with Crippen molar-refractivity contribution < 1.29 is 27.9 Å². The molecule has 1 heterocycles. The van der Waals surface area contributed by atoms with Gasteiger partial charge in [-0.15, -0.1) is 5.10 Å². The molecule has 0 atom stereocenters. The molecule has 26 heavy (non-hydrogen) atoms. The first-order valence-electron chi connectivity index (χ1n) is 7.57. The summed E-state index contributed by atoms with van der Waals surface area (Å²) in [6, 6.07) is 4.60. The SMILES string of the molecule is CC(C)(C(=O)NCc1cn(CC(=O)O)nn1)c1cccc(C(F)(F)F)c1. The van der Waals surface area contributed by atoms with Gasteiger partial charge in [-0.1, -0.05) is 23.4 Å². The number of nitrogens with one attached hydrogen (secondary N) is 1. The van der Waals surface area contributed by atoms with Crippen molar-refractivity contribution in [2.45, 2.75) is 38.5 Å². The minimum Gasteiger partial charge on any atom is -0.480 e. The molecule has 0 spiro atoms. The van der Waals surface area contributed by atoms with Gasteiger partial charge in [0.05, 0.1) is 23.7 Å². The number of rotatable bonds is 6. The molecule has 1 aromatic carbocycles. The lowest BCUT2D eigenvalue weighted by molar-refractivity contribution is -0.138. The second kappa shape index (κ2) is 7.14. The van der Waals surface area contributed by atoms with E-state index >= 15 is 0 Å². The van der Waals surface area contributed by atoms with Gasteiger partial charge in [-0.2, -0.15) is 13.2 Å². The Morgan fingerprint density at radius 2 is 1.88 bits per heavy atom. The molecule has 2 aromatic rings. The third kappa shape index (κ3) is 4.58. The van der Waals surface area contributed by atoms with Crippen LogP contribution in [0.3, 0.4) is 0 Å². The summed E-state index contributed by atoms with van der Waals surface area (Å²) in [7, 11) is 0. The molecule has 1 aromatic heterocycles. The van der Waals surface area contributed by atoms with Crippen LogP contribution in [0.2, 0.25) is 0 Å². The van der Waals surface area contributed by atoms with E-state index in [0.717, 1.165) is 16.8 Å². The zero-order chi connectivity index (χ0) is 19.5. The Morgan fingerprint density at radius 1 is 1.23 bits per heavy atom. The van der Waals surface area contributed by atoms with E-state index in [9.17, 15) is 22.8 Å². The first-order chi connectivity index (χ1) is 12.0. The summed E-state index contributed by atoms with van der Waals surface area (Å²) in [5, 5.41) is 18.6. The van der Waals surface area contributed by atoms with E-state index in [4.69, 9.17) is 5.11 Å². The Labute approximate surface area is 146 Å². The number of hydrogen-bond donors (Lipinski definition) is 2. The highest BCUT2D eigenvalue weighted by Gasteiger charge is 2.34. The lowest BCUT2D eigenvalue weighted by Gasteiger charge is -2.24. The molecule has 2 N–H and O–H groups in total. The molecule has 0 fully saturated rings. The Morgan fingerprint density at radius 3 is 2.50 bits per heavy atom. The minimum absolute atomic E-state index is 0.0269. The summed E-state index contributed by atoms with van der Waals surface area (Å²) >= 11 is 0. The highest BCUT2D eigenvalue weighted by molar-refractivity contribution is 5.87. The number of aromatic nitrogens is 3. The molecule has 0 bridgehead atoms. The summed E-state index contributed by atoms with van der Waals surface area (Å²) < 4.78 is 39.7. The van der Waals surface area contributed by atoms with E-state index in [1.165, 1.54) is 32.2 Å². The van der Waals surface area contributed by atoms with Crippen molar-refractivity contribution in [3.8, 4) is 0 Å². The predicted molar refractivity (Wildman–Crippen MR) is 84.0 cm³/mol. The van der Waals surface area contributed by atoms with E-state index < -0.39 is 29.0 Å². The molecule has 1 amide bonds. The van der Waals surface area contributed by atoms with E-state index in [-0.39, 0.29) is 18.7 Å². The zero-order valence-electron chi connectivity index (χ0n) is 14.0. The fourth-order valence-electron chi connectivity index (χ4n) is 2.24. The Bertz CT molecular complexity index is 815. The summed E-state index contributed by atoms with van der Waals surface area (Å²) in [6.07, 6.45) is -3.13. The van der Waals surface area contributed by atoms with Crippen LogP contribution in [0.25, 0.3) is 0 Å². The fraction of sp³-hybridized carbons (Fsp3) is 0.375. The third-order valence-corrected chi connectivity index (χ3v) is 3.79. The molecule has 0 aliphatic carbocycles. The van der Waals surface area contributed by atoms with Crippen molar-refractivity contribution in [1.29, 1.82) is 0 Å². The number of carboxylic acids is 1. The van der Waals surface area contributed by atoms with Gasteiger partial charge < -0.3 is 10.4 Å². The summed E-state index contributed by atoms with van der Waals surface area (Å²) in [4.78, 5) is 23.0. The fourth-order valence-corrected chi connectivity index (χ4v) is 2.24. The molecule has 0 unspecified atom stereocenters. The van der Waals surface area contributed by atoms with Gasteiger partial charge in [0.15, 0.2) is 0 Å². The van der Waals surface area contributed by atoms with E-state index in [1.54, 1.807) is 0 Å². The predicted octanol–water partition coefficient (Wildman–Crippen LogP) is 1.98. The van der Waals surface area contributed by atoms with Crippen molar-refractivity contribution in [3.05, 3.63) is 47.3 Å². The maximum atomic E-state index is 12.9. The van der Waals surface area contributed by atoms with Crippen LogP contribution in [0.4, 0.5) is 13.2 Å². The first-order valence-corrected chi connectivity index (χ1v) is 7.57. The number of benzene rings is 1. The van der Waals surface area contributed by atoms with Crippen LogP contribution in [-0.4, -0.2) is 32.0 Å². The van der Waals surface area contributed by atoms with Gasteiger partial charge in [0.2, 0.25) is 5.91 Å². The summed E-state index contributed by atoms with van der Waals surface area (Å²) in [6.45, 7) is 2.63. The molecular formula is C16H17F3N4O3.